The quantitative estimate of drug-likeness (QED) is 0.415. The van der Waals surface area contributed by atoms with Crippen molar-refractivity contribution in [3.8, 4) is 0 Å². The van der Waals surface area contributed by atoms with Crippen LogP contribution < -0.4 is 0 Å². The summed E-state index contributed by atoms with van der Waals surface area (Å²) in [7, 11) is 0. The predicted octanol–water partition coefficient (Wildman–Crippen LogP) is 6.41. The monoisotopic (exact) mass is 401 g/mol. The lowest BCUT2D eigenvalue weighted by molar-refractivity contribution is 0.416. The van der Waals surface area contributed by atoms with E-state index >= 15 is 0 Å². The van der Waals surface area contributed by atoms with E-state index in [1.165, 1.54) is 26.0 Å². The summed E-state index contributed by atoms with van der Waals surface area (Å²) >= 11 is 3.49. The van der Waals surface area contributed by atoms with Crippen molar-refractivity contribution in [3.63, 3.8) is 0 Å². The molecule has 0 N–H and O–H groups in total. The highest BCUT2D eigenvalue weighted by Gasteiger charge is 2.27. The average Bonchev–Trinajstić information content (AvgIpc) is 2.35. The molecular weight excluding hydrogens is 389 g/mol. The van der Waals surface area contributed by atoms with Gasteiger partial charge in [-0.3, -0.25) is 0 Å². The van der Waals surface area contributed by atoms with Crippen LogP contribution in [0, 0.1) is 5.82 Å². The van der Waals surface area contributed by atoms with Crippen molar-refractivity contribution in [2.75, 3.05) is 13.1 Å². The minimum absolute atomic E-state index is 0.0648. The van der Waals surface area contributed by atoms with Crippen molar-refractivity contribution in [2.24, 2.45) is 0 Å². The van der Waals surface area contributed by atoms with E-state index in [2.05, 4.69) is 15.9 Å². The smallest absolute Gasteiger partial charge is 0.246 e. The Kier molecular flexibility index (Phi) is 9.04. The molecule has 118 valence electrons. The Hall–Kier alpha value is -0.0500. The molecule has 0 radical (unpaired) electrons. The van der Waals surface area contributed by atoms with E-state index in [4.69, 9.17) is 11.6 Å². The molecule has 9 heteroatoms. The largest absolute Gasteiger partial charge is 0.278 e. The summed E-state index contributed by atoms with van der Waals surface area (Å²) < 4.78 is 60.9. The second kappa shape index (κ2) is 9.07. The fraction of sp³-hybridized carbons (Fsp3) is 0.455. The van der Waals surface area contributed by atoms with E-state index in [9.17, 15) is 20.4 Å². The molecule has 0 unspecified atom stereocenters. The summed E-state index contributed by atoms with van der Waals surface area (Å²) in [6.07, 6.45) is 0. The van der Waals surface area contributed by atoms with Crippen LogP contribution >= 0.6 is 38.9 Å². The van der Waals surface area contributed by atoms with Crippen LogP contribution in [0.2, 0.25) is 5.02 Å². The second-order valence-corrected chi connectivity index (χ2v) is 5.99. The van der Waals surface area contributed by atoms with Crippen molar-refractivity contribution >= 4 is 38.9 Å². The highest BCUT2D eigenvalue weighted by molar-refractivity contribution is 9.10. The van der Waals surface area contributed by atoms with E-state index in [-0.39, 0.29) is 28.1 Å². The minimum Gasteiger partial charge on any atom is -0.246 e. The standard InChI is InChI=1S/C7H4BrClF2.C4H10F3NS/c8-5-1-2-6(9)4(3-10)7(5)11;1-3-8(4-2)9(5,6)7/h1-2H,3H2;3-4H2,1-2H3. The van der Waals surface area contributed by atoms with Crippen LogP contribution in [-0.4, -0.2) is 17.4 Å². The zero-order valence-electron chi connectivity index (χ0n) is 10.8. The Morgan fingerprint density at radius 1 is 1.20 bits per heavy atom. The summed E-state index contributed by atoms with van der Waals surface area (Å²) in [6.45, 7) is 2.25. The van der Waals surface area contributed by atoms with E-state index in [1.54, 1.807) is 0 Å². The van der Waals surface area contributed by atoms with Gasteiger partial charge in [-0.2, -0.15) is 4.31 Å². The molecule has 0 aliphatic carbocycles. The van der Waals surface area contributed by atoms with Gasteiger partial charge in [-0.25, -0.2) is 8.78 Å². The third-order valence-corrected chi connectivity index (χ3v) is 4.34. The van der Waals surface area contributed by atoms with E-state index < -0.39 is 23.9 Å². The lowest BCUT2D eigenvalue weighted by Gasteiger charge is -2.23. The first kappa shape index (κ1) is 19.9. The zero-order chi connectivity index (χ0) is 15.9. The van der Waals surface area contributed by atoms with Gasteiger partial charge in [-0.1, -0.05) is 25.4 Å². The van der Waals surface area contributed by atoms with E-state index in [0.29, 0.717) is 4.31 Å². The van der Waals surface area contributed by atoms with Gasteiger partial charge in [0.2, 0.25) is 0 Å². The molecule has 0 saturated carbocycles. The molecule has 0 amide bonds. The van der Waals surface area contributed by atoms with Gasteiger partial charge < -0.3 is 0 Å². The maximum absolute atomic E-state index is 12.9. The first-order valence-corrected chi connectivity index (χ1v) is 8.00. The van der Waals surface area contributed by atoms with Crippen molar-refractivity contribution in [3.05, 3.63) is 33.0 Å². The van der Waals surface area contributed by atoms with Crippen molar-refractivity contribution in [1.82, 2.24) is 4.31 Å². The third kappa shape index (κ3) is 6.15. The van der Waals surface area contributed by atoms with Gasteiger partial charge >= 0.3 is 0 Å². The van der Waals surface area contributed by atoms with E-state index in [0.717, 1.165) is 0 Å². The minimum atomic E-state index is -4.93. The molecule has 0 aromatic heterocycles. The Labute approximate surface area is 130 Å². The zero-order valence-corrected chi connectivity index (χ0v) is 13.9. The molecule has 0 bridgehead atoms. The highest BCUT2D eigenvalue weighted by Crippen LogP contribution is 2.55. The normalized spacial score (nSPS) is 12.1. The number of rotatable bonds is 4. The molecule has 0 fully saturated rings. The van der Waals surface area contributed by atoms with Crippen molar-refractivity contribution in [1.29, 1.82) is 0 Å². The Bertz CT molecular complexity index is 426. The van der Waals surface area contributed by atoms with Gasteiger partial charge in [0.1, 0.15) is 12.5 Å². The summed E-state index contributed by atoms with van der Waals surface area (Å²) in [5.41, 5.74) is -0.0963. The van der Waals surface area contributed by atoms with Crippen LogP contribution in [0.5, 0.6) is 0 Å². The summed E-state index contributed by atoms with van der Waals surface area (Å²) in [4.78, 5) is 0. The topological polar surface area (TPSA) is 3.24 Å². The molecule has 1 aromatic carbocycles. The Balaban J connectivity index is 0.000000370. The maximum atomic E-state index is 12.9. The summed E-state index contributed by atoms with van der Waals surface area (Å²) in [5, 5.41) is 0.119. The Morgan fingerprint density at radius 2 is 1.70 bits per heavy atom. The number of hydrogen-bond acceptors (Lipinski definition) is 1. The van der Waals surface area contributed by atoms with Crippen LogP contribution in [0.25, 0.3) is 0 Å². The molecule has 1 rings (SSSR count). The number of alkyl halides is 1. The maximum Gasteiger partial charge on any atom is 0.278 e. The first-order chi connectivity index (χ1) is 9.18. The second-order valence-electron chi connectivity index (χ2n) is 3.45. The first-order valence-electron chi connectivity index (χ1n) is 5.54. The molecule has 0 atom stereocenters. The third-order valence-electron chi connectivity index (χ3n) is 2.27. The van der Waals surface area contributed by atoms with Gasteiger partial charge in [0.15, 0.2) is 0 Å². The van der Waals surface area contributed by atoms with Gasteiger partial charge in [0.25, 0.3) is 11.4 Å². The Morgan fingerprint density at radius 3 is 1.95 bits per heavy atom. The van der Waals surface area contributed by atoms with Crippen molar-refractivity contribution in [2.45, 2.75) is 20.5 Å². The molecule has 1 nitrogen and oxygen atoms in total. The molecule has 0 aliphatic heterocycles. The summed E-state index contributed by atoms with van der Waals surface area (Å²) in [6, 6.07) is 2.89. The van der Waals surface area contributed by atoms with Crippen LogP contribution in [-0.2, 0) is 6.67 Å². The van der Waals surface area contributed by atoms with Gasteiger partial charge in [0.05, 0.1) is 4.47 Å². The highest BCUT2D eigenvalue weighted by atomic mass is 79.9. The van der Waals surface area contributed by atoms with Crippen LogP contribution in [0.3, 0.4) is 0 Å². The fourth-order valence-electron chi connectivity index (χ4n) is 1.21. The van der Waals surface area contributed by atoms with Gasteiger partial charge in [0, 0.05) is 23.7 Å². The molecule has 0 aliphatic rings. The van der Waals surface area contributed by atoms with Crippen molar-refractivity contribution < 1.29 is 20.4 Å². The molecule has 0 spiro atoms. The SMILES string of the molecule is CCN(CC)S(F)(F)F.FCc1c(Cl)ccc(Br)c1F. The van der Waals surface area contributed by atoms with Gasteiger partial charge in [-0.15, -0.1) is 11.7 Å². The summed E-state index contributed by atoms with van der Waals surface area (Å²) in [5.74, 6) is -0.625. The molecule has 0 heterocycles. The van der Waals surface area contributed by atoms with Crippen LogP contribution in [0.4, 0.5) is 20.4 Å². The molecule has 1 aromatic rings. The fourth-order valence-corrected chi connectivity index (χ4v) is 2.36. The molecule has 0 saturated heterocycles. The molecular formula is C11H14BrClF5NS. The average molecular weight is 403 g/mol. The van der Waals surface area contributed by atoms with E-state index in [1.807, 2.05) is 0 Å². The number of hydrogen-bond donors (Lipinski definition) is 0. The number of halogens is 7. The predicted molar refractivity (Wildman–Crippen MR) is 77.8 cm³/mol. The van der Waals surface area contributed by atoms with Gasteiger partial charge in [-0.05, 0) is 28.1 Å². The lowest BCUT2D eigenvalue weighted by atomic mass is 10.2. The lowest BCUT2D eigenvalue weighted by Crippen LogP contribution is -2.19. The molecule has 20 heavy (non-hydrogen) atoms. The van der Waals surface area contributed by atoms with Crippen LogP contribution in [0.1, 0.15) is 19.4 Å². The number of benzene rings is 1. The number of nitrogens with zero attached hydrogens (tertiary/aromatic N) is 1. The van der Waals surface area contributed by atoms with Crippen LogP contribution in [0.15, 0.2) is 16.6 Å².